The van der Waals surface area contributed by atoms with E-state index in [2.05, 4.69) is 11.6 Å². The average Bonchev–Trinajstić information content (AvgIpc) is 2.09. The number of hydrogen-bond donors (Lipinski definition) is 1. The van der Waals surface area contributed by atoms with Crippen molar-refractivity contribution in [2.75, 3.05) is 0 Å². The number of thiazole rings is 1. The van der Waals surface area contributed by atoms with Gasteiger partial charge in [0.25, 0.3) is 5.56 Å². The Hall–Kier alpha value is -0.830. The van der Waals surface area contributed by atoms with E-state index in [4.69, 9.17) is 0 Å². The van der Waals surface area contributed by atoms with Crippen LogP contribution < -0.4 is 14.8 Å². The first kappa shape index (κ1) is 8.27. The van der Waals surface area contributed by atoms with Crippen LogP contribution in [0.3, 0.4) is 0 Å². The molecule has 0 saturated heterocycles. The van der Waals surface area contributed by atoms with Gasteiger partial charge in [0.2, 0.25) is 0 Å². The molecule has 1 aromatic heterocycles. The molecule has 0 radical (unpaired) electrons. The molecule has 1 aromatic rings. The number of H-pyrrole nitrogens is 1. The summed E-state index contributed by atoms with van der Waals surface area (Å²) >= 11 is 1.41. The molecule has 0 aliphatic rings. The Balaban J connectivity index is 3.35. The van der Waals surface area contributed by atoms with E-state index in [1.165, 1.54) is 11.3 Å². The molecule has 0 unspecified atom stereocenters. The van der Waals surface area contributed by atoms with Crippen LogP contribution in [0.25, 0.3) is 12.7 Å². The third-order valence-electron chi connectivity index (χ3n) is 1.19. The molecule has 0 fully saturated rings. The van der Waals surface area contributed by atoms with Gasteiger partial charge in [-0.3, -0.25) is 4.79 Å². The summed E-state index contributed by atoms with van der Waals surface area (Å²) in [5.41, 5.74) is -0.0197. The van der Waals surface area contributed by atoms with Crippen LogP contribution >= 0.6 is 11.3 Å². The highest BCUT2D eigenvalue weighted by Gasteiger charge is 1.92. The van der Waals surface area contributed by atoms with Crippen molar-refractivity contribution in [3.8, 4) is 0 Å². The Morgan fingerprint density at radius 1 is 1.64 bits per heavy atom. The van der Waals surface area contributed by atoms with Crippen LogP contribution in [0.1, 0.15) is 13.8 Å². The molecule has 1 heterocycles. The summed E-state index contributed by atoms with van der Waals surface area (Å²) in [6, 6.07) is 0. The molecule has 11 heavy (non-hydrogen) atoms. The van der Waals surface area contributed by atoms with Gasteiger partial charge in [0.05, 0.1) is 9.20 Å². The first-order valence-corrected chi connectivity index (χ1v) is 4.31. The lowest BCUT2D eigenvalue weighted by molar-refractivity contribution is 0.881. The molecule has 2 nitrogen and oxygen atoms in total. The van der Waals surface area contributed by atoms with Crippen molar-refractivity contribution in [1.29, 1.82) is 0 Å². The third-order valence-corrected chi connectivity index (χ3v) is 2.08. The zero-order valence-electron chi connectivity index (χ0n) is 6.68. The molecular formula is C8H11NOS. The summed E-state index contributed by atoms with van der Waals surface area (Å²) < 4.78 is 1.49. The summed E-state index contributed by atoms with van der Waals surface area (Å²) in [6.45, 7) is 7.74. The Bertz CT molecular complexity index is 385. The lowest BCUT2D eigenvalue weighted by atomic mass is 10.2. The van der Waals surface area contributed by atoms with Crippen molar-refractivity contribution >= 4 is 24.0 Å². The van der Waals surface area contributed by atoms with E-state index in [0.29, 0.717) is 5.92 Å². The lowest BCUT2D eigenvalue weighted by Gasteiger charge is -1.87. The van der Waals surface area contributed by atoms with Crippen molar-refractivity contribution < 1.29 is 0 Å². The number of aromatic amines is 1. The van der Waals surface area contributed by atoms with Crippen molar-refractivity contribution in [1.82, 2.24) is 4.98 Å². The maximum Gasteiger partial charge on any atom is 0.266 e. The first-order valence-electron chi connectivity index (χ1n) is 3.49. The van der Waals surface area contributed by atoms with Crippen molar-refractivity contribution in [3.05, 3.63) is 19.5 Å². The van der Waals surface area contributed by atoms with Gasteiger partial charge < -0.3 is 4.98 Å². The van der Waals surface area contributed by atoms with Gasteiger partial charge in [0, 0.05) is 0 Å². The molecule has 0 saturated carbocycles. The highest BCUT2D eigenvalue weighted by atomic mass is 32.1. The highest BCUT2D eigenvalue weighted by Crippen LogP contribution is 1.90. The van der Waals surface area contributed by atoms with Crippen molar-refractivity contribution in [2.45, 2.75) is 13.8 Å². The predicted molar refractivity (Wildman–Crippen MR) is 49.0 cm³/mol. The normalized spacial score (nSPS) is 12.8. The molecule has 0 bridgehead atoms. The molecule has 0 aliphatic heterocycles. The smallest absolute Gasteiger partial charge is 0.266 e. The zero-order valence-corrected chi connectivity index (χ0v) is 7.49. The predicted octanol–water partition coefficient (Wildman–Crippen LogP) is 0.283. The first-order chi connectivity index (χ1) is 5.09. The van der Waals surface area contributed by atoms with Crippen LogP contribution in [-0.4, -0.2) is 4.98 Å². The second kappa shape index (κ2) is 3.05. The second-order valence-corrected chi connectivity index (χ2v) is 3.89. The maximum atomic E-state index is 11.1. The van der Waals surface area contributed by atoms with Crippen LogP contribution in [0, 0.1) is 5.92 Å². The maximum absolute atomic E-state index is 11.1. The van der Waals surface area contributed by atoms with E-state index in [1.54, 1.807) is 0 Å². The lowest BCUT2D eigenvalue weighted by Crippen LogP contribution is -2.20. The molecule has 0 aliphatic carbocycles. The van der Waals surface area contributed by atoms with Gasteiger partial charge in [-0.2, -0.15) is 0 Å². The quantitative estimate of drug-likeness (QED) is 0.643. The number of aromatic nitrogens is 1. The molecule has 1 N–H and O–H groups in total. The number of rotatable bonds is 1. The Labute approximate surface area is 68.9 Å². The van der Waals surface area contributed by atoms with Crippen LogP contribution in [-0.2, 0) is 0 Å². The van der Waals surface area contributed by atoms with Gasteiger partial charge >= 0.3 is 0 Å². The Morgan fingerprint density at radius 3 is 2.64 bits per heavy atom. The summed E-state index contributed by atoms with van der Waals surface area (Å²) in [5.74, 6) is 0.411. The van der Waals surface area contributed by atoms with Gasteiger partial charge in [-0.15, -0.1) is 11.3 Å². The summed E-state index contributed by atoms with van der Waals surface area (Å²) in [6.07, 6.45) is 1.94. The van der Waals surface area contributed by atoms with E-state index in [-0.39, 0.29) is 5.56 Å². The van der Waals surface area contributed by atoms with E-state index in [0.717, 1.165) is 9.20 Å². The summed E-state index contributed by atoms with van der Waals surface area (Å²) in [5, 5.41) is 0. The molecule has 60 valence electrons. The van der Waals surface area contributed by atoms with Crippen molar-refractivity contribution in [3.63, 3.8) is 0 Å². The topological polar surface area (TPSA) is 32.9 Å². The van der Waals surface area contributed by atoms with E-state index < -0.39 is 0 Å². The molecule has 1 rings (SSSR count). The van der Waals surface area contributed by atoms with Crippen LogP contribution in [0.4, 0.5) is 0 Å². The fourth-order valence-corrected chi connectivity index (χ4v) is 1.70. The summed E-state index contributed by atoms with van der Waals surface area (Å²) in [4.78, 5) is 13.7. The molecule has 0 aromatic carbocycles. The molecule has 0 spiro atoms. The molecular weight excluding hydrogens is 158 g/mol. The SMILES string of the molecule is C=c1[nH]c(=O)/c(=C\C(C)C)s1. The van der Waals surface area contributed by atoms with Gasteiger partial charge in [0.15, 0.2) is 0 Å². The largest absolute Gasteiger partial charge is 0.313 e. The summed E-state index contributed by atoms with van der Waals surface area (Å²) in [7, 11) is 0. The van der Waals surface area contributed by atoms with E-state index >= 15 is 0 Å². The van der Waals surface area contributed by atoms with Gasteiger partial charge in [-0.05, 0) is 5.92 Å². The number of nitrogens with one attached hydrogen (secondary N) is 1. The average molecular weight is 169 g/mol. The Morgan fingerprint density at radius 2 is 2.27 bits per heavy atom. The minimum Gasteiger partial charge on any atom is -0.313 e. The second-order valence-electron chi connectivity index (χ2n) is 2.75. The van der Waals surface area contributed by atoms with Crippen LogP contribution in [0.2, 0.25) is 0 Å². The minimum absolute atomic E-state index is 0.0197. The monoisotopic (exact) mass is 169 g/mol. The zero-order chi connectivity index (χ0) is 8.43. The fraction of sp³-hybridized carbons (Fsp3) is 0.375. The van der Waals surface area contributed by atoms with Crippen LogP contribution in [0.5, 0.6) is 0 Å². The van der Waals surface area contributed by atoms with Gasteiger partial charge in [-0.1, -0.05) is 26.5 Å². The Kier molecular flexibility index (Phi) is 2.29. The van der Waals surface area contributed by atoms with E-state index in [1.807, 2.05) is 19.9 Å². The van der Waals surface area contributed by atoms with Gasteiger partial charge in [0.1, 0.15) is 0 Å². The van der Waals surface area contributed by atoms with Crippen LogP contribution in [0.15, 0.2) is 4.79 Å². The minimum atomic E-state index is -0.0197. The molecule has 0 atom stereocenters. The van der Waals surface area contributed by atoms with Crippen molar-refractivity contribution in [2.24, 2.45) is 5.92 Å². The molecule has 0 amide bonds. The fourth-order valence-electron chi connectivity index (χ4n) is 0.805. The third kappa shape index (κ3) is 2.05. The standard InChI is InChI=1S/C8H11NOS/c1-5(2)4-7-8(10)9-6(3)11-7/h4-5H,3H2,1-2H3,(H,9,10)/b7-4+. The molecule has 3 heteroatoms. The number of hydrogen-bond acceptors (Lipinski definition) is 2. The van der Waals surface area contributed by atoms with Gasteiger partial charge in [-0.25, -0.2) is 0 Å². The highest BCUT2D eigenvalue weighted by molar-refractivity contribution is 7.07. The van der Waals surface area contributed by atoms with E-state index in [9.17, 15) is 4.79 Å².